The molecular weight excluding hydrogens is 245 g/mol. The summed E-state index contributed by atoms with van der Waals surface area (Å²) in [6.07, 6.45) is 2.29. The molecule has 0 spiro atoms. The Hall–Kier alpha value is -0.410. The highest BCUT2D eigenvalue weighted by molar-refractivity contribution is 9.10. The first-order valence-corrected chi connectivity index (χ1v) is 5.72. The molecule has 14 heavy (non-hydrogen) atoms. The minimum absolute atomic E-state index is 0.172. The van der Waals surface area contributed by atoms with Crippen LogP contribution in [0.3, 0.4) is 0 Å². The molecule has 0 saturated carbocycles. The Morgan fingerprint density at radius 1 is 1.29 bits per heavy atom. The van der Waals surface area contributed by atoms with Gasteiger partial charge in [0, 0.05) is 4.47 Å². The van der Waals surface area contributed by atoms with Crippen LogP contribution in [0.2, 0.25) is 0 Å². The molecule has 1 aromatic rings. The minimum Gasteiger partial charge on any atom is -0.317 e. The molecule has 0 amide bonds. The van der Waals surface area contributed by atoms with Crippen LogP contribution >= 0.6 is 15.9 Å². The van der Waals surface area contributed by atoms with Gasteiger partial charge in [0.2, 0.25) is 0 Å². The monoisotopic (exact) mass is 257 g/mol. The summed E-state index contributed by atoms with van der Waals surface area (Å²) < 4.78 is 13.8. The second-order valence-corrected chi connectivity index (χ2v) is 4.54. The van der Waals surface area contributed by atoms with E-state index in [1.165, 1.54) is 5.56 Å². The minimum atomic E-state index is -0.172. The highest BCUT2D eigenvalue weighted by atomic mass is 79.9. The number of nitrogens with one attached hydrogen (secondary N) is 1. The fraction of sp³-hybridized carbons (Fsp3) is 0.455. The number of hydrogen-bond donors (Lipinski definition) is 1. The third-order valence-electron chi connectivity index (χ3n) is 2.74. The molecule has 0 aliphatic carbocycles. The SMILES string of the molecule is Fc1ccc(C2CCNCC2)c(Br)c1. The van der Waals surface area contributed by atoms with Crippen molar-refractivity contribution in [3.05, 3.63) is 34.1 Å². The summed E-state index contributed by atoms with van der Waals surface area (Å²) in [6.45, 7) is 2.13. The van der Waals surface area contributed by atoms with Crippen LogP contribution in [0, 0.1) is 5.82 Å². The first-order chi connectivity index (χ1) is 6.77. The zero-order chi connectivity index (χ0) is 9.97. The Morgan fingerprint density at radius 3 is 2.64 bits per heavy atom. The van der Waals surface area contributed by atoms with Gasteiger partial charge in [-0.25, -0.2) is 4.39 Å². The van der Waals surface area contributed by atoms with Crippen molar-refractivity contribution in [1.29, 1.82) is 0 Å². The van der Waals surface area contributed by atoms with E-state index < -0.39 is 0 Å². The molecule has 1 nitrogen and oxygen atoms in total. The number of rotatable bonds is 1. The van der Waals surface area contributed by atoms with Gasteiger partial charge in [-0.15, -0.1) is 0 Å². The molecule has 76 valence electrons. The average molecular weight is 258 g/mol. The summed E-state index contributed by atoms with van der Waals surface area (Å²) in [4.78, 5) is 0. The molecule has 1 N–H and O–H groups in total. The van der Waals surface area contributed by atoms with Crippen LogP contribution in [-0.2, 0) is 0 Å². The predicted octanol–water partition coefficient (Wildman–Crippen LogP) is 3.06. The van der Waals surface area contributed by atoms with Crippen LogP contribution in [0.4, 0.5) is 4.39 Å². The first-order valence-electron chi connectivity index (χ1n) is 4.93. The van der Waals surface area contributed by atoms with E-state index in [2.05, 4.69) is 21.2 Å². The summed E-state index contributed by atoms with van der Waals surface area (Å²) in [5, 5.41) is 3.33. The molecular formula is C11H13BrFN. The van der Waals surface area contributed by atoms with Crippen LogP contribution < -0.4 is 5.32 Å². The molecule has 0 unspecified atom stereocenters. The van der Waals surface area contributed by atoms with Gasteiger partial charge in [-0.1, -0.05) is 22.0 Å². The predicted molar refractivity (Wildman–Crippen MR) is 58.9 cm³/mol. The summed E-state index contributed by atoms with van der Waals surface area (Å²) in [5.74, 6) is 0.404. The summed E-state index contributed by atoms with van der Waals surface area (Å²) in [7, 11) is 0. The third-order valence-corrected chi connectivity index (χ3v) is 3.43. The lowest BCUT2D eigenvalue weighted by Crippen LogP contribution is -2.26. The van der Waals surface area contributed by atoms with Gasteiger partial charge in [0.05, 0.1) is 0 Å². The van der Waals surface area contributed by atoms with E-state index in [0.29, 0.717) is 5.92 Å². The lowest BCUT2D eigenvalue weighted by atomic mass is 9.90. The lowest BCUT2D eigenvalue weighted by molar-refractivity contribution is 0.458. The molecule has 3 heteroatoms. The average Bonchev–Trinajstić information content (AvgIpc) is 2.19. The highest BCUT2D eigenvalue weighted by Crippen LogP contribution is 2.31. The number of hydrogen-bond acceptors (Lipinski definition) is 1. The Bertz CT molecular complexity index is 321. The van der Waals surface area contributed by atoms with Gasteiger partial charge < -0.3 is 5.32 Å². The van der Waals surface area contributed by atoms with Crippen LogP contribution in [0.25, 0.3) is 0 Å². The Kier molecular flexibility index (Phi) is 3.19. The van der Waals surface area contributed by atoms with Gasteiger partial charge in [-0.3, -0.25) is 0 Å². The third kappa shape index (κ3) is 2.15. The summed E-state index contributed by atoms with van der Waals surface area (Å²) >= 11 is 3.42. The number of benzene rings is 1. The van der Waals surface area contributed by atoms with Crippen molar-refractivity contribution in [3.63, 3.8) is 0 Å². The first kappa shape index (κ1) is 10.1. The topological polar surface area (TPSA) is 12.0 Å². The quantitative estimate of drug-likeness (QED) is 0.816. The normalized spacial score (nSPS) is 18.4. The van der Waals surface area contributed by atoms with E-state index in [0.717, 1.165) is 30.4 Å². The second kappa shape index (κ2) is 4.41. The molecule has 1 aliphatic heterocycles. The van der Waals surface area contributed by atoms with Crippen molar-refractivity contribution in [2.75, 3.05) is 13.1 Å². The van der Waals surface area contributed by atoms with E-state index in [1.54, 1.807) is 12.1 Å². The maximum Gasteiger partial charge on any atom is 0.124 e. The van der Waals surface area contributed by atoms with Gasteiger partial charge in [0.1, 0.15) is 5.82 Å². The molecule has 0 bridgehead atoms. The molecule has 1 fully saturated rings. The molecule has 2 rings (SSSR count). The highest BCUT2D eigenvalue weighted by Gasteiger charge is 2.17. The van der Waals surface area contributed by atoms with Gasteiger partial charge in [-0.2, -0.15) is 0 Å². The van der Waals surface area contributed by atoms with Crippen LogP contribution in [0.15, 0.2) is 22.7 Å². The summed E-state index contributed by atoms with van der Waals surface area (Å²) in [5.41, 5.74) is 1.24. The Morgan fingerprint density at radius 2 is 2.00 bits per heavy atom. The zero-order valence-corrected chi connectivity index (χ0v) is 9.48. The maximum atomic E-state index is 12.9. The molecule has 1 aromatic carbocycles. The Balaban J connectivity index is 2.22. The van der Waals surface area contributed by atoms with Crippen molar-refractivity contribution in [2.24, 2.45) is 0 Å². The lowest BCUT2D eigenvalue weighted by Gasteiger charge is -2.23. The summed E-state index contributed by atoms with van der Waals surface area (Å²) in [6, 6.07) is 4.99. The molecule has 1 saturated heterocycles. The number of halogens is 2. The molecule has 0 atom stereocenters. The molecule has 1 heterocycles. The van der Waals surface area contributed by atoms with E-state index in [1.807, 2.05) is 6.07 Å². The molecule has 0 radical (unpaired) electrons. The second-order valence-electron chi connectivity index (χ2n) is 3.69. The fourth-order valence-electron chi connectivity index (χ4n) is 1.97. The van der Waals surface area contributed by atoms with Crippen LogP contribution in [-0.4, -0.2) is 13.1 Å². The fourth-order valence-corrected chi connectivity index (χ4v) is 2.64. The van der Waals surface area contributed by atoms with E-state index in [9.17, 15) is 4.39 Å². The van der Waals surface area contributed by atoms with Crippen LogP contribution in [0.5, 0.6) is 0 Å². The number of piperidine rings is 1. The van der Waals surface area contributed by atoms with E-state index >= 15 is 0 Å². The van der Waals surface area contributed by atoms with Gasteiger partial charge in [0.25, 0.3) is 0 Å². The molecule has 1 aliphatic rings. The zero-order valence-electron chi connectivity index (χ0n) is 7.89. The van der Waals surface area contributed by atoms with Crippen molar-refractivity contribution in [1.82, 2.24) is 5.32 Å². The largest absolute Gasteiger partial charge is 0.317 e. The van der Waals surface area contributed by atoms with Gasteiger partial charge >= 0.3 is 0 Å². The van der Waals surface area contributed by atoms with Crippen molar-refractivity contribution >= 4 is 15.9 Å². The standard InChI is InChI=1S/C11H13BrFN/c12-11-7-9(13)1-2-10(11)8-3-5-14-6-4-8/h1-2,7-8,14H,3-6H2. The van der Waals surface area contributed by atoms with Gasteiger partial charge in [-0.05, 0) is 49.5 Å². The van der Waals surface area contributed by atoms with E-state index in [-0.39, 0.29) is 5.82 Å². The van der Waals surface area contributed by atoms with Crippen LogP contribution in [0.1, 0.15) is 24.3 Å². The molecule has 0 aromatic heterocycles. The van der Waals surface area contributed by atoms with Crippen molar-refractivity contribution in [3.8, 4) is 0 Å². The van der Waals surface area contributed by atoms with Crippen molar-refractivity contribution < 1.29 is 4.39 Å². The smallest absolute Gasteiger partial charge is 0.124 e. The Labute approximate surface area is 91.8 Å². The van der Waals surface area contributed by atoms with Crippen molar-refractivity contribution in [2.45, 2.75) is 18.8 Å². The van der Waals surface area contributed by atoms with Gasteiger partial charge in [0.15, 0.2) is 0 Å². The maximum absolute atomic E-state index is 12.9. The van der Waals surface area contributed by atoms with E-state index in [4.69, 9.17) is 0 Å².